The van der Waals surface area contributed by atoms with Crippen LogP contribution in [-0.2, 0) is 23.7 Å². The van der Waals surface area contributed by atoms with Crippen molar-refractivity contribution < 1.29 is 44.2 Å². The summed E-state index contributed by atoms with van der Waals surface area (Å²) in [5, 5.41) is 40.3. The first-order valence-corrected chi connectivity index (χ1v) is 28.0. The van der Waals surface area contributed by atoms with Crippen molar-refractivity contribution in [1.29, 1.82) is 0 Å². The van der Waals surface area contributed by atoms with Crippen LogP contribution in [0.5, 0.6) is 0 Å². The molecule has 0 aromatic rings. The summed E-state index contributed by atoms with van der Waals surface area (Å²) in [5.74, 6) is -0.320. The van der Waals surface area contributed by atoms with Gasteiger partial charge in [-0.15, -0.1) is 0 Å². The zero-order valence-corrected chi connectivity index (χ0v) is 43.6. The molecule has 1 rings (SSSR count). The standard InChI is InChI=1S/C59H104O9/c1-3-5-7-9-11-13-15-17-19-21-23-25-27-28-30-32-34-36-38-40-42-44-46-48-55(61)67-53(52-66-59-58(64)57(63)56(62)54(50-60)68-59)51-65-49-47-45-43-41-39-37-35-33-31-29-26-24-22-20-18-16-14-12-10-8-6-4-2/h6,8,12,14,18,20-21,23-24,26,31,33,53-54,56-60,62-64H,3-5,7,9-11,13,15-17,19,22,25,27-30,32,34-52H2,1-2H3/b8-6-,14-12-,20-18-,23-21-,26-24-,33-31-. The third kappa shape index (κ3) is 39.4. The van der Waals surface area contributed by atoms with E-state index in [-0.39, 0.29) is 19.2 Å². The van der Waals surface area contributed by atoms with Crippen LogP contribution in [-0.4, -0.2) is 89.6 Å². The molecular formula is C59H104O9. The number of carbonyl (C=O) groups is 1. The Labute approximate surface area is 417 Å². The van der Waals surface area contributed by atoms with Gasteiger partial charge in [0.2, 0.25) is 0 Å². The second-order valence-electron chi connectivity index (χ2n) is 19.0. The van der Waals surface area contributed by atoms with E-state index >= 15 is 0 Å². The van der Waals surface area contributed by atoms with Crippen molar-refractivity contribution in [1.82, 2.24) is 0 Å². The number of esters is 1. The molecule has 0 radical (unpaired) electrons. The molecular weight excluding hydrogens is 853 g/mol. The van der Waals surface area contributed by atoms with Crippen molar-refractivity contribution in [3.05, 3.63) is 72.9 Å². The first-order valence-electron chi connectivity index (χ1n) is 28.0. The van der Waals surface area contributed by atoms with Gasteiger partial charge in [-0.1, -0.05) is 215 Å². The minimum atomic E-state index is -1.54. The van der Waals surface area contributed by atoms with Gasteiger partial charge in [0.1, 0.15) is 30.5 Å². The van der Waals surface area contributed by atoms with Gasteiger partial charge in [-0.25, -0.2) is 0 Å². The summed E-state index contributed by atoms with van der Waals surface area (Å²) in [4.78, 5) is 12.9. The zero-order valence-electron chi connectivity index (χ0n) is 43.6. The fraction of sp³-hybridized carbons (Fsp3) is 0.780. The molecule has 0 aromatic heterocycles. The lowest BCUT2D eigenvalue weighted by atomic mass is 9.99. The smallest absolute Gasteiger partial charge is 0.306 e. The predicted octanol–water partition coefficient (Wildman–Crippen LogP) is 14.4. The van der Waals surface area contributed by atoms with E-state index in [1.54, 1.807) is 0 Å². The van der Waals surface area contributed by atoms with Crippen molar-refractivity contribution in [2.24, 2.45) is 0 Å². The lowest BCUT2D eigenvalue weighted by Crippen LogP contribution is -2.59. The number of hydrogen-bond acceptors (Lipinski definition) is 9. The van der Waals surface area contributed by atoms with Crippen molar-refractivity contribution in [3.8, 4) is 0 Å². The molecule has 1 heterocycles. The van der Waals surface area contributed by atoms with Crippen LogP contribution in [0, 0.1) is 0 Å². The van der Waals surface area contributed by atoms with Crippen LogP contribution in [0.15, 0.2) is 72.9 Å². The van der Waals surface area contributed by atoms with Crippen LogP contribution in [0.4, 0.5) is 0 Å². The minimum absolute atomic E-state index is 0.122. The zero-order chi connectivity index (χ0) is 49.2. The van der Waals surface area contributed by atoms with Crippen molar-refractivity contribution >= 4 is 5.97 Å². The van der Waals surface area contributed by atoms with E-state index < -0.39 is 43.4 Å². The molecule has 0 aromatic carbocycles. The molecule has 9 heteroatoms. The maximum atomic E-state index is 12.9. The molecule has 0 amide bonds. The van der Waals surface area contributed by atoms with E-state index in [4.69, 9.17) is 18.9 Å². The molecule has 1 fully saturated rings. The van der Waals surface area contributed by atoms with Gasteiger partial charge in [0.15, 0.2) is 6.29 Å². The maximum Gasteiger partial charge on any atom is 0.306 e. The Kier molecular flexibility index (Phi) is 46.4. The van der Waals surface area contributed by atoms with Gasteiger partial charge in [-0.3, -0.25) is 4.79 Å². The highest BCUT2D eigenvalue weighted by atomic mass is 16.7. The second-order valence-corrected chi connectivity index (χ2v) is 19.0. The van der Waals surface area contributed by atoms with Gasteiger partial charge in [0, 0.05) is 13.0 Å². The average molecular weight is 957 g/mol. The fourth-order valence-electron chi connectivity index (χ4n) is 8.28. The summed E-state index contributed by atoms with van der Waals surface area (Å²) in [6, 6.07) is 0. The molecule has 394 valence electrons. The number of hydrogen-bond donors (Lipinski definition) is 4. The summed E-state index contributed by atoms with van der Waals surface area (Å²) in [7, 11) is 0. The minimum Gasteiger partial charge on any atom is -0.457 e. The van der Waals surface area contributed by atoms with Gasteiger partial charge >= 0.3 is 5.97 Å². The second kappa shape index (κ2) is 49.6. The lowest BCUT2D eigenvalue weighted by molar-refractivity contribution is -0.305. The Morgan fingerprint density at radius 2 is 0.897 bits per heavy atom. The normalized spacial score (nSPS) is 19.6. The molecule has 4 N–H and O–H groups in total. The van der Waals surface area contributed by atoms with E-state index in [2.05, 4.69) is 86.8 Å². The molecule has 0 bridgehead atoms. The number of carbonyl (C=O) groups excluding carboxylic acids is 1. The molecule has 0 saturated carbocycles. The SMILES string of the molecule is CC/C=C\C/C=C\C/C=C\C/C=C\C/C=C\CCCCCCCCOCC(COC1OC(CO)C(O)C(O)C1O)OC(=O)CCCCCCCCCCCCC/C=C\CCCCCCCCCC. The topological polar surface area (TPSA) is 135 Å². The van der Waals surface area contributed by atoms with Gasteiger partial charge in [-0.05, 0) is 83.5 Å². The average Bonchev–Trinajstić information content (AvgIpc) is 3.34. The molecule has 6 unspecified atom stereocenters. The number of unbranched alkanes of at least 4 members (excludes halogenated alkanes) is 25. The molecule has 1 aliphatic rings. The quantitative estimate of drug-likeness (QED) is 0.0267. The highest BCUT2D eigenvalue weighted by molar-refractivity contribution is 5.69. The highest BCUT2D eigenvalue weighted by Crippen LogP contribution is 2.23. The summed E-state index contributed by atoms with van der Waals surface area (Å²) in [6.45, 7) is 4.43. The van der Waals surface area contributed by atoms with Gasteiger partial charge in [0.25, 0.3) is 0 Å². The highest BCUT2D eigenvalue weighted by Gasteiger charge is 2.44. The largest absolute Gasteiger partial charge is 0.457 e. The molecule has 9 nitrogen and oxygen atoms in total. The number of aliphatic hydroxyl groups is 4. The van der Waals surface area contributed by atoms with Gasteiger partial charge in [0.05, 0.1) is 19.8 Å². The molecule has 0 aliphatic carbocycles. The van der Waals surface area contributed by atoms with Gasteiger partial charge < -0.3 is 39.4 Å². The van der Waals surface area contributed by atoms with Crippen molar-refractivity contribution in [2.75, 3.05) is 26.4 Å². The van der Waals surface area contributed by atoms with E-state index in [0.717, 1.165) is 77.0 Å². The van der Waals surface area contributed by atoms with E-state index in [1.165, 1.54) is 135 Å². The molecule has 0 spiro atoms. The summed E-state index contributed by atoms with van der Waals surface area (Å²) < 4.78 is 22.9. The van der Waals surface area contributed by atoms with Crippen molar-refractivity contribution in [3.63, 3.8) is 0 Å². The van der Waals surface area contributed by atoms with Crippen LogP contribution in [0.1, 0.15) is 232 Å². The Hall–Kier alpha value is -2.37. The van der Waals surface area contributed by atoms with Crippen LogP contribution < -0.4 is 0 Å². The van der Waals surface area contributed by atoms with E-state index in [0.29, 0.717) is 13.0 Å². The number of rotatable bonds is 48. The lowest BCUT2D eigenvalue weighted by Gasteiger charge is -2.39. The Morgan fingerprint density at radius 3 is 1.37 bits per heavy atom. The summed E-state index contributed by atoms with van der Waals surface area (Å²) in [6.07, 6.45) is 59.4. The van der Waals surface area contributed by atoms with Gasteiger partial charge in [-0.2, -0.15) is 0 Å². The molecule has 68 heavy (non-hydrogen) atoms. The first kappa shape index (κ1) is 63.6. The number of aliphatic hydroxyl groups excluding tert-OH is 4. The Bertz CT molecular complexity index is 1270. The van der Waals surface area contributed by atoms with Crippen LogP contribution in [0.2, 0.25) is 0 Å². The van der Waals surface area contributed by atoms with Crippen LogP contribution in [0.25, 0.3) is 0 Å². The first-order chi connectivity index (χ1) is 33.4. The monoisotopic (exact) mass is 957 g/mol. The maximum absolute atomic E-state index is 12.9. The van der Waals surface area contributed by atoms with E-state index in [9.17, 15) is 25.2 Å². The molecule has 1 aliphatic heterocycles. The third-order valence-corrected chi connectivity index (χ3v) is 12.6. The fourth-order valence-corrected chi connectivity index (χ4v) is 8.28. The van der Waals surface area contributed by atoms with Crippen LogP contribution >= 0.6 is 0 Å². The van der Waals surface area contributed by atoms with Crippen LogP contribution in [0.3, 0.4) is 0 Å². The number of allylic oxidation sites excluding steroid dienone is 12. The van der Waals surface area contributed by atoms with E-state index in [1.807, 2.05) is 0 Å². The Morgan fingerprint density at radius 1 is 0.485 bits per heavy atom. The number of ether oxygens (including phenoxy) is 4. The molecule has 6 atom stereocenters. The third-order valence-electron chi connectivity index (χ3n) is 12.6. The molecule has 1 saturated heterocycles. The summed E-state index contributed by atoms with van der Waals surface area (Å²) >= 11 is 0. The summed E-state index contributed by atoms with van der Waals surface area (Å²) in [5.41, 5.74) is 0. The predicted molar refractivity (Wildman–Crippen MR) is 284 cm³/mol. The Balaban J connectivity index is 2.19. The van der Waals surface area contributed by atoms with Crippen molar-refractivity contribution in [2.45, 2.75) is 269 Å².